The summed E-state index contributed by atoms with van der Waals surface area (Å²) in [4.78, 5) is 30.4. The number of likely N-dealkylation sites (tertiary alicyclic amines) is 1. The lowest BCUT2D eigenvalue weighted by molar-refractivity contribution is 0.0724. The maximum Gasteiger partial charge on any atom is 0.257 e. The first kappa shape index (κ1) is 17.0. The predicted molar refractivity (Wildman–Crippen MR) is 88.3 cm³/mol. The molecule has 0 saturated carbocycles. The number of nitrogens with zero attached hydrogens (tertiary/aromatic N) is 2. The van der Waals surface area contributed by atoms with E-state index in [1.54, 1.807) is 4.90 Å². The Bertz CT molecular complexity index is 784. The zero-order valence-corrected chi connectivity index (χ0v) is 13.5. The SMILES string of the molecule is O=C(Nc1c(F)cccc1F)c1cncc(C(=O)N2CCCCC2)c1. The van der Waals surface area contributed by atoms with Crippen molar-refractivity contribution in [1.29, 1.82) is 0 Å². The van der Waals surface area contributed by atoms with E-state index in [4.69, 9.17) is 0 Å². The molecule has 130 valence electrons. The van der Waals surface area contributed by atoms with Gasteiger partial charge in [0.25, 0.3) is 11.8 Å². The third-order valence-electron chi connectivity index (χ3n) is 4.09. The Morgan fingerprint density at radius 2 is 1.64 bits per heavy atom. The summed E-state index contributed by atoms with van der Waals surface area (Å²) in [6, 6.07) is 4.69. The van der Waals surface area contributed by atoms with E-state index in [-0.39, 0.29) is 17.0 Å². The van der Waals surface area contributed by atoms with Crippen molar-refractivity contribution in [3.8, 4) is 0 Å². The van der Waals surface area contributed by atoms with Crippen molar-refractivity contribution in [3.63, 3.8) is 0 Å². The number of rotatable bonds is 3. The van der Waals surface area contributed by atoms with Gasteiger partial charge in [0.05, 0.1) is 11.1 Å². The first-order chi connectivity index (χ1) is 12.1. The molecule has 0 spiro atoms. The highest BCUT2D eigenvalue weighted by atomic mass is 19.1. The van der Waals surface area contributed by atoms with Gasteiger partial charge in [-0.05, 0) is 37.5 Å². The zero-order chi connectivity index (χ0) is 17.8. The lowest BCUT2D eigenvalue weighted by Gasteiger charge is -2.26. The second-order valence-electron chi connectivity index (χ2n) is 5.87. The molecule has 3 rings (SSSR count). The van der Waals surface area contributed by atoms with Crippen molar-refractivity contribution in [2.24, 2.45) is 0 Å². The number of pyridine rings is 1. The Kier molecular flexibility index (Phi) is 5.02. The molecular formula is C18H17F2N3O2. The largest absolute Gasteiger partial charge is 0.339 e. The molecule has 1 aliphatic rings. The average Bonchev–Trinajstić information content (AvgIpc) is 2.65. The minimum absolute atomic E-state index is 0.0607. The van der Waals surface area contributed by atoms with Crippen molar-refractivity contribution in [2.45, 2.75) is 19.3 Å². The molecule has 0 unspecified atom stereocenters. The maximum absolute atomic E-state index is 13.6. The number of aromatic nitrogens is 1. The summed E-state index contributed by atoms with van der Waals surface area (Å²) in [7, 11) is 0. The fraction of sp³-hybridized carbons (Fsp3) is 0.278. The molecule has 1 fully saturated rings. The fourth-order valence-electron chi connectivity index (χ4n) is 2.76. The highest BCUT2D eigenvalue weighted by molar-refractivity contribution is 6.06. The molecule has 7 heteroatoms. The van der Waals surface area contributed by atoms with Crippen LogP contribution in [0.2, 0.25) is 0 Å². The first-order valence-electron chi connectivity index (χ1n) is 8.06. The summed E-state index contributed by atoms with van der Waals surface area (Å²) < 4.78 is 27.3. The van der Waals surface area contributed by atoms with Gasteiger partial charge in [-0.1, -0.05) is 6.07 Å². The normalized spacial score (nSPS) is 14.2. The van der Waals surface area contributed by atoms with Crippen molar-refractivity contribution in [3.05, 3.63) is 59.4 Å². The third kappa shape index (κ3) is 3.81. The van der Waals surface area contributed by atoms with Gasteiger partial charge in [-0.3, -0.25) is 14.6 Å². The topological polar surface area (TPSA) is 62.3 Å². The van der Waals surface area contributed by atoms with Crippen LogP contribution < -0.4 is 5.32 Å². The van der Waals surface area contributed by atoms with Crippen LogP contribution >= 0.6 is 0 Å². The smallest absolute Gasteiger partial charge is 0.257 e. The number of amides is 2. The van der Waals surface area contributed by atoms with Gasteiger partial charge in [-0.2, -0.15) is 0 Å². The number of carbonyl (C=O) groups excluding carboxylic acids is 2. The molecule has 1 aliphatic heterocycles. The zero-order valence-electron chi connectivity index (χ0n) is 13.5. The number of piperidine rings is 1. The molecule has 2 heterocycles. The molecule has 0 radical (unpaired) electrons. The highest BCUT2D eigenvalue weighted by Gasteiger charge is 2.20. The van der Waals surface area contributed by atoms with Gasteiger partial charge in [0.1, 0.15) is 17.3 Å². The second kappa shape index (κ2) is 7.38. The molecule has 0 bridgehead atoms. The van der Waals surface area contributed by atoms with Crippen LogP contribution in [0, 0.1) is 11.6 Å². The lowest BCUT2D eigenvalue weighted by atomic mass is 10.1. The number of carbonyl (C=O) groups is 2. The van der Waals surface area contributed by atoms with Crippen molar-refractivity contribution < 1.29 is 18.4 Å². The number of nitrogens with one attached hydrogen (secondary N) is 1. The van der Waals surface area contributed by atoms with Crippen molar-refractivity contribution >= 4 is 17.5 Å². The quantitative estimate of drug-likeness (QED) is 0.929. The van der Waals surface area contributed by atoms with Gasteiger partial charge in [0.15, 0.2) is 0 Å². The molecule has 0 aliphatic carbocycles. The molecule has 1 saturated heterocycles. The van der Waals surface area contributed by atoms with E-state index in [0.29, 0.717) is 13.1 Å². The minimum Gasteiger partial charge on any atom is -0.339 e. The number of hydrogen-bond acceptors (Lipinski definition) is 3. The number of benzene rings is 1. The Balaban J connectivity index is 1.78. The van der Waals surface area contributed by atoms with E-state index in [9.17, 15) is 18.4 Å². The minimum atomic E-state index is -0.873. The second-order valence-corrected chi connectivity index (χ2v) is 5.87. The summed E-state index contributed by atoms with van der Waals surface area (Å²) in [5.41, 5.74) is -0.186. The molecule has 25 heavy (non-hydrogen) atoms. The first-order valence-corrected chi connectivity index (χ1v) is 8.06. The van der Waals surface area contributed by atoms with Gasteiger partial charge in [0, 0.05) is 25.5 Å². The van der Waals surface area contributed by atoms with Crippen LogP contribution in [-0.4, -0.2) is 34.8 Å². The Morgan fingerprint density at radius 1 is 1.00 bits per heavy atom. The maximum atomic E-state index is 13.6. The predicted octanol–water partition coefficient (Wildman–Crippen LogP) is 3.24. The Hall–Kier alpha value is -2.83. The van der Waals surface area contributed by atoms with E-state index in [1.807, 2.05) is 0 Å². The summed E-state index contributed by atoms with van der Waals surface area (Å²) in [6.45, 7) is 1.35. The van der Waals surface area contributed by atoms with E-state index in [0.717, 1.165) is 31.4 Å². The van der Waals surface area contributed by atoms with Crippen LogP contribution in [0.5, 0.6) is 0 Å². The summed E-state index contributed by atoms with van der Waals surface area (Å²) >= 11 is 0. The molecule has 1 N–H and O–H groups in total. The monoisotopic (exact) mass is 345 g/mol. The van der Waals surface area contributed by atoms with E-state index in [1.165, 1.54) is 24.5 Å². The summed E-state index contributed by atoms with van der Waals surface area (Å²) in [5.74, 6) is -2.67. The molecule has 2 aromatic rings. The Morgan fingerprint density at radius 3 is 2.32 bits per heavy atom. The molecule has 1 aromatic heterocycles. The van der Waals surface area contributed by atoms with E-state index >= 15 is 0 Å². The molecule has 2 amide bonds. The van der Waals surface area contributed by atoms with Crippen LogP contribution in [0.3, 0.4) is 0 Å². The molecule has 5 nitrogen and oxygen atoms in total. The highest BCUT2D eigenvalue weighted by Crippen LogP contribution is 2.19. The third-order valence-corrected chi connectivity index (χ3v) is 4.09. The Labute approximate surface area is 143 Å². The summed E-state index contributed by atoms with van der Waals surface area (Å²) in [6.07, 6.45) is 5.63. The number of hydrogen-bond donors (Lipinski definition) is 1. The average molecular weight is 345 g/mol. The van der Waals surface area contributed by atoms with Gasteiger partial charge < -0.3 is 10.2 Å². The fourth-order valence-corrected chi connectivity index (χ4v) is 2.76. The van der Waals surface area contributed by atoms with Crippen LogP contribution in [0.4, 0.5) is 14.5 Å². The molecule has 0 atom stereocenters. The standard InChI is InChI=1S/C18H17F2N3O2/c19-14-5-4-6-15(20)16(14)22-17(24)12-9-13(11-21-10-12)18(25)23-7-2-1-3-8-23/h4-6,9-11H,1-3,7-8H2,(H,22,24). The number of anilines is 1. The van der Waals surface area contributed by atoms with Crippen LogP contribution in [-0.2, 0) is 0 Å². The van der Waals surface area contributed by atoms with Gasteiger partial charge >= 0.3 is 0 Å². The van der Waals surface area contributed by atoms with Crippen LogP contribution in [0.15, 0.2) is 36.7 Å². The number of halogens is 2. The van der Waals surface area contributed by atoms with Crippen molar-refractivity contribution in [2.75, 3.05) is 18.4 Å². The van der Waals surface area contributed by atoms with Gasteiger partial charge in [-0.15, -0.1) is 0 Å². The van der Waals surface area contributed by atoms with Crippen molar-refractivity contribution in [1.82, 2.24) is 9.88 Å². The lowest BCUT2D eigenvalue weighted by Crippen LogP contribution is -2.35. The number of para-hydroxylation sites is 1. The van der Waals surface area contributed by atoms with E-state index < -0.39 is 23.2 Å². The van der Waals surface area contributed by atoms with E-state index in [2.05, 4.69) is 10.3 Å². The van der Waals surface area contributed by atoms with Gasteiger partial charge in [0.2, 0.25) is 0 Å². The van der Waals surface area contributed by atoms with Crippen LogP contribution in [0.1, 0.15) is 40.0 Å². The molecular weight excluding hydrogens is 328 g/mol. The van der Waals surface area contributed by atoms with Gasteiger partial charge in [-0.25, -0.2) is 8.78 Å². The summed E-state index contributed by atoms with van der Waals surface area (Å²) in [5, 5.41) is 2.19. The van der Waals surface area contributed by atoms with Crippen LogP contribution in [0.25, 0.3) is 0 Å². The molecule has 1 aromatic carbocycles.